The molecule has 1 heterocycles. The first-order valence-electron chi connectivity index (χ1n) is 10.4. The third-order valence-electron chi connectivity index (χ3n) is 5.13. The van der Waals surface area contributed by atoms with Gasteiger partial charge in [0.2, 0.25) is 17.7 Å². The number of benzene rings is 1. The molecule has 0 aliphatic carbocycles. The summed E-state index contributed by atoms with van der Waals surface area (Å²) in [6, 6.07) is 1.60. The molecule has 13 heteroatoms. The number of aliphatic hydroxyl groups excluding tert-OH is 3. The lowest BCUT2D eigenvalue weighted by atomic mass is 10.0. The fourth-order valence-corrected chi connectivity index (χ4v) is 3.21. The van der Waals surface area contributed by atoms with Crippen molar-refractivity contribution in [2.45, 2.75) is 43.6 Å². The van der Waals surface area contributed by atoms with Crippen LogP contribution in [0.1, 0.15) is 12.5 Å². The van der Waals surface area contributed by atoms with Gasteiger partial charge in [-0.05, 0) is 25.0 Å². The Morgan fingerprint density at radius 2 is 1.59 bits per heavy atom. The number of nitrogens with two attached hydrogens (primary N) is 1. The molecule has 186 valence electrons. The van der Waals surface area contributed by atoms with Crippen molar-refractivity contribution in [1.29, 1.82) is 0 Å². The number of carbonyl (C=O) groups is 4. The summed E-state index contributed by atoms with van der Waals surface area (Å²) in [4.78, 5) is 51.4. The molecule has 0 radical (unpaired) electrons. The lowest BCUT2D eigenvalue weighted by Gasteiger charge is -2.25. The van der Waals surface area contributed by atoms with Gasteiger partial charge in [-0.15, -0.1) is 0 Å². The number of hydrogen-bond acceptors (Lipinski definition) is 8. The zero-order valence-corrected chi connectivity index (χ0v) is 18.4. The first kappa shape index (κ1) is 26.7. The number of nitrogens with one attached hydrogen (secondary N) is 4. The minimum atomic E-state index is -1.65. The quantitative estimate of drug-likeness (QED) is 0.150. The van der Waals surface area contributed by atoms with E-state index in [0.29, 0.717) is 0 Å². The largest absolute Gasteiger partial charge is 0.480 e. The molecule has 2 aromatic rings. The van der Waals surface area contributed by atoms with Gasteiger partial charge in [0.05, 0.1) is 25.4 Å². The van der Waals surface area contributed by atoms with Crippen LogP contribution >= 0.6 is 0 Å². The molecular formula is C21H29N5O8. The van der Waals surface area contributed by atoms with Crippen molar-refractivity contribution in [3.8, 4) is 0 Å². The van der Waals surface area contributed by atoms with E-state index >= 15 is 0 Å². The molecule has 0 spiro atoms. The fraction of sp³-hybridized carbons (Fsp3) is 0.429. The number of aromatic nitrogens is 1. The van der Waals surface area contributed by atoms with Crippen molar-refractivity contribution in [2.75, 3.05) is 13.2 Å². The lowest BCUT2D eigenvalue weighted by Crippen LogP contribution is -2.60. The van der Waals surface area contributed by atoms with Crippen molar-refractivity contribution in [3.05, 3.63) is 36.0 Å². The molecule has 5 atom stereocenters. The molecule has 0 aliphatic heterocycles. The summed E-state index contributed by atoms with van der Waals surface area (Å²) in [7, 11) is 0. The van der Waals surface area contributed by atoms with Crippen LogP contribution in [0, 0.1) is 0 Å². The second kappa shape index (κ2) is 12.1. The van der Waals surface area contributed by atoms with Crippen molar-refractivity contribution in [3.63, 3.8) is 0 Å². The van der Waals surface area contributed by atoms with Crippen LogP contribution in [-0.4, -0.2) is 92.6 Å². The predicted octanol–water partition coefficient (Wildman–Crippen LogP) is -3.06. The molecule has 13 nitrogen and oxygen atoms in total. The molecule has 2 rings (SSSR count). The maximum atomic E-state index is 12.6. The standard InChI is InChI=1S/C21H29N5O8/c1-10(29)17(20(32)24-15(8-27)19(31)25-16(9-28)21(33)34)26-18(30)13(22)6-11-7-23-14-5-3-2-4-12(11)14/h2-5,7,10,13,15-17,23,27-29H,6,8-9,22H2,1H3,(H,24,32)(H,25,31)(H,26,30)(H,33,34). The predicted molar refractivity (Wildman–Crippen MR) is 119 cm³/mol. The highest BCUT2D eigenvalue weighted by molar-refractivity contribution is 5.94. The molecule has 0 saturated heterocycles. The molecule has 1 aromatic heterocycles. The van der Waals surface area contributed by atoms with Crippen LogP contribution < -0.4 is 21.7 Å². The number of aliphatic hydroxyl groups is 3. The summed E-state index contributed by atoms with van der Waals surface area (Å²) < 4.78 is 0. The van der Waals surface area contributed by atoms with E-state index in [9.17, 15) is 29.4 Å². The number of aromatic amines is 1. The summed E-state index contributed by atoms with van der Waals surface area (Å²) >= 11 is 0. The highest BCUT2D eigenvalue weighted by Gasteiger charge is 2.32. The number of carbonyl (C=O) groups excluding carboxylic acids is 3. The zero-order valence-electron chi connectivity index (χ0n) is 18.4. The Morgan fingerprint density at radius 1 is 0.971 bits per heavy atom. The van der Waals surface area contributed by atoms with E-state index in [1.54, 1.807) is 6.20 Å². The molecule has 0 bridgehead atoms. The van der Waals surface area contributed by atoms with Crippen LogP contribution in [0.4, 0.5) is 0 Å². The number of H-pyrrole nitrogens is 1. The minimum Gasteiger partial charge on any atom is -0.480 e. The average Bonchev–Trinajstić information content (AvgIpc) is 3.21. The number of para-hydroxylation sites is 1. The van der Waals surface area contributed by atoms with E-state index in [0.717, 1.165) is 16.5 Å². The maximum Gasteiger partial charge on any atom is 0.328 e. The number of carboxylic acids is 1. The zero-order chi connectivity index (χ0) is 25.4. The van der Waals surface area contributed by atoms with Gasteiger partial charge in [-0.2, -0.15) is 0 Å². The molecule has 1 aromatic carbocycles. The Hall–Kier alpha value is -3.52. The molecule has 34 heavy (non-hydrogen) atoms. The Bertz CT molecular complexity index is 1020. The first-order chi connectivity index (χ1) is 16.1. The lowest BCUT2D eigenvalue weighted by molar-refractivity contribution is -0.143. The molecule has 0 aliphatic rings. The van der Waals surface area contributed by atoms with Crippen molar-refractivity contribution in [1.82, 2.24) is 20.9 Å². The second-order valence-corrected chi connectivity index (χ2v) is 7.72. The molecule has 0 saturated carbocycles. The Balaban J connectivity index is 2.03. The topological polar surface area (TPSA) is 227 Å². The highest BCUT2D eigenvalue weighted by Crippen LogP contribution is 2.18. The smallest absolute Gasteiger partial charge is 0.328 e. The van der Waals surface area contributed by atoms with Crippen LogP contribution in [0.2, 0.25) is 0 Å². The van der Waals surface area contributed by atoms with Crippen LogP contribution in [0.15, 0.2) is 30.5 Å². The van der Waals surface area contributed by atoms with Crippen molar-refractivity contribution in [2.24, 2.45) is 5.73 Å². The van der Waals surface area contributed by atoms with Crippen LogP contribution in [0.3, 0.4) is 0 Å². The van der Waals surface area contributed by atoms with Gasteiger partial charge in [-0.1, -0.05) is 18.2 Å². The van der Waals surface area contributed by atoms with Gasteiger partial charge in [-0.3, -0.25) is 14.4 Å². The molecule has 0 fully saturated rings. The van der Waals surface area contributed by atoms with Crippen LogP contribution in [0.25, 0.3) is 10.9 Å². The first-order valence-corrected chi connectivity index (χ1v) is 10.4. The second-order valence-electron chi connectivity index (χ2n) is 7.72. The van der Waals surface area contributed by atoms with E-state index in [-0.39, 0.29) is 6.42 Å². The van der Waals surface area contributed by atoms with Crippen LogP contribution in [-0.2, 0) is 25.6 Å². The van der Waals surface area contributed by atoms with Gasteiger partial charge in [0.25, 0.3) is 0 Å². The maximum absolute atomic E-state index is 12.6. The van der Waals surface area contributed by atoms with E-state index in [1.165, 1.54) is 6.92 Å². The Kier molecular flexibility index (Phi) is 9.50. The number of fused-ring (bicyclic) bond motifs is 1. The van der Waals surface area contributed by atoms with Gasteiger partial charge in [0.15, 0.2) is 0 Å². The molecular weight excluding hydrogens is 450 g/mol. The number of rotatable bonds is 12. The van der Waals surface area contributed by atoms with Gasteiger partial charge in [-0.25, -0.2) is 4.79 Å². The van der Waals surface area contributed by atoms with Crippen LogP contribution in [0.5, 0.6) is 0 Å². The van der Waals surface area contributed by atoms with E-state index in [2.05, 4.69) is 15.6 Å². The van der Waals surface area contributed by atoms with Gasteiger partial charge >= 0.3 is 5.97 Å². The summed E-state index contributed by atoms with van der Waals surface area (Å²) in [6.07, 6.45) is 0.470. The summed E-state index contributed by atoms with van der Waals surface area (Å²) in [5.74, 6) is -4.34. The van der Waals surface area contributed by atoms with E-state index < -0.39 is 67.2 Å². The Labute approximate surface area is 194 Å². The summed E-state index contributed by atoms with van der Waals surface area (Å²) in [5.41, 5.74) is 7.65. The van der Waals surface area contributed by atoms with Gasteiger partial charge < -0.3 is 47.1 Å². The third kappa shape index (κ3) is 6.74. The summed E-state index contributed by atoms with van der Waals surface area (Å²) in [5, 5.41) is 44.6. The number of hydrogen-bond donors (Lipinski definition) is 9. The molecule has 3 amide bonds. The fourth-order valence-electron chi connectivity index (χ4n) is 3.21. The van der Waals surface area contributed by atoms with E-state index in [1.807, 2.05) is 29.6 Å². The van der Waals surface area contributed by atoms with E-state index in [4.69, 9.17) is 15.9 Å². The van der Waals surface area contributed by atoms with Gasteiger partial charge in [0.1, 0.15) is 18.1 Å². The average molecular weight is 479 g/mol. The number of amides is 3. The van der Waals surface area contributed by atoms with Crippen molar-refractivity contribution < 1.29 is 39.6 Å². The normalized spacial score (nSPS) is 15.6. The molecule has 5 unspecified atom stereocenters. The number of carboxylic acid groups (broad SMARTS) is 1. The summed E-state index contributed by atoms with van der Waals surface area (Å²) in [6.45, 7) is -0.584. The SMILES string of the molecule is CC(O)C(NC(=O)C(N)Cc1c[nH]c2ccccc12)C(=O)NC(CO)C(=O)NC(CO)C(=O)O. The number of aliphatic carboxylic acids is 1. The molecule has 10 N–H and O–H groups in total. The minimum absolute atomic E-state index is 0.142. The van der Waals surface area contributed by atoms with Gasteiger partial charge in [0, 0.05) is 17.1 Å². The van der Waals surface area contributed by atoms with Crippen molar-refractivity contribution >= 4 is 34.6 Å². The highest BCUT2D eigenvalue weighted by atomic mass is 16.4. The monoisotopic (exact) mass is 479 g/mol. The Morgan fingerprint density at radius 3 is 2.18 bits per heavy atom. The third-order valence-corrected chi connectivity index (χ3v) is 5.13.